The molecule has 1 N–H and O–H groups in total. The van der Waals surface area contributed by atoms with Crippen LogP contribution in [0.15, 0.2) is 23.1 Å². The van der Waals surface area contributed by atoms with Crippen LogP contribution in [0.25, 0.3) is 6.08 Å². The number of hydrogen-bond acceptors (Lipinski definition) is 5. The lowest BCUT2D eigenvalue weighted by atomic mass is 10.1. The molecule has 1 fully saturated rings. The molecule has 2 rings (SSSR count). The van der Waals surface area contributed by atoms with Gasteiger partial charge in [0, 0.05) is 0 Å². The Morgan fingerprint density at radius 3 is 2.64 bits per heavy atom. The molecule has 1 atom stereocenters. The topological polar surface area (TPSA) is 64.6 Å². The maximum absolute atomic E-state index is 11.6. The van der Waals surface area contributed by atoms with Gasteiger partial charge in [0.25, 0.3) is 11.1 Å². The molecule has 1 unspecified atom stereocenters. The Labute approximate surface area is 134 Å². The minimum absolute atomic E-state index is 0.0946. The molecule has 0 bridgehead atoms. The van der Waals surface area contributed by atoms with E-state index in [2.05, 4.69) is 12.2 Å². The zero-order valence-electron chi connectivity index (χ0n) is 12.8. The number of amides is 2. The zero-order valence-corrected chi connectivity index (χ0v) is 13.7. The summed E-state index contributed by atoms with van der Waals surface area (Å²) in [6, 6.07) is 5.47. The SMILES string of the molecule is CCOc1cc(/C=C2\SC(=O)NC2=O)ccc1OC(C)CC. The summed E-state index contributed by atoms with van der Waals surface area (Å²) in [6.45, 7) is 6.47. The lowest BCUT2D eigenvalue weighted by molar-refractivity contribution is -0.115. The molecule has 1 aliphatic heterocycles. The largest absolute Gasteiger partial charge is 0.490 e. The summed E-state index contributed by atoms with van der Waals surface area (Å²) in [5.74, 6) is 0.942. The van der Waals surface area contributed by atoms with Crippen molar-refractivity contribution in [3.05, 3.63) is 28.7 Å². The third-order valence-electron chi connectivity index (χ3n) is 3.11. The number of carbonyl (C=O) groups excluding carboxylic acids is 2. The van der Waals surface area contributed by atoms with Gasteiger partial charge < -0.3 is 9.47 Å². The number of imide groups is 1. The fraction of sp³-hybridized carbons (Fsp3) is 0.375. The van der Waals surface area contributed by atoms with Crippen LogP contribution in [-0.2, 0) is 4.79 Å². The van der Waals surface area contributed by atoms with Gasteiger partial charge in [-0.05, 0) is 55.8 Å². The van der Waals surface area contributed by atoms with Crippen molar-refractivity contribution in [2.24, 2.45) is 0 Å². The van der Waals surface area contributed by atoms with Crippen molar-refractivity contribution in [3.63, 3.8) is 0 Å². The average Bonchev–Trinajstić information content (AvgIpc) is 2.79. The highest BCUT2D eigenvalue weighted by molar-refractivity contribution is 8.18. The molecule has 6 heteroatoms. The third kappa shape index (κ3) is 4.04. The molecule has 0 aliphatic carbocycles. The molecule has 5 nitrogen and oxygen atoms in total. The van der Waals surface area contributed by atoms with Gasteiger partial charge in [-0.2, -0.15) is 0 Å². The van der Waals surface area contributed by atoms with Crippen LogP contribution >= 0.6 is 11.8 Å². The van der Waals surface area contributed by atoms with Crippen LogP contribution in [-0.4, -0.2) is 23.9 Å². The van der Waals surface area contributed by atoms with E-state index >= 15 is 0 Å². The first kappa shape index (κ1) is 16.4. The van der Waals surface area contributed by atoms with Gasteiger partial charge in [-0.3, -0.25) is 14.9 Å². The van der Waals surface area contributed by atoms with E-state index in [0.29, 0.717) is 23.0 Å². The summed E-state index contributed by atoms with van der Waals surface area (Å²) in [4.78, 5) is 23.1. The number of benzene rings is 1. The second-order valence-electron chi connectivity index (χ2n) is 4.83. The Morgan fingerprint density at radius 1 is 1.27 bits per heavy atom. The normalized spacial score (nSPS) is 17.5. The van der Waals surface area contributed by atoms with Gasteiger partial charge >= 0.3 is 0 Å². The van der Waals surface area contributed by atoms with Crippen molar-refractivity contribution in [3.8, 4) is 11.5 Å². The molecule has 2 amide bonds. The number of thioether (sulfide) groups is 1. The van der Waals surface area contributed by atoms with Crippen molar-refractivity contribution in [1.82, 2.24) is 5.32 Å². The summed E-state index contributed by atoms with van der Waals surface area (Å²) < 4.78 is 11.4. The summed E-state index contributed by atoms with van der Waals surface area (Å²) in [5.41, 5.74) is 0.785. The molecular formula is C16H19NO4S. The molecule has 1 aliphatic rings. The number of rotatable bonds is 6. The number of carbonyl (C=O) groups is 2. The Balaban J connectivity index is 2.27. The van der Waals surface area contributed by atoms with Crippen LogP contribution in [0.2, 0.25) is 0 Å². The van der Waals surface area contributed by atoms with E-state index in [1.807, 2.05) is 32.0 Å². The quantitative estimate of drug-likeness (QED) is 0.811. The molecule has 118 valence electrons. The van der Waals surface area contributed by atoms with E-state index in [9.17, 15) is 9.59 Å². The fourth-order valence-corrected chi connectivity index (χ4v) is 2.53. The minimum Gasteiger partial charge on any atom is -0.490 e. The summed E-state index contributed by atoms with van der Waals surface area (Å²) in [5, 5.41) is 1.88. The van der Waals surface area contributed by atoms with Gasteiger partial charge in [-0.15, -0.1) is 0 Å². The van der Waals surface area contributed by atoms with Gasteiger partial charge in [0.05, 0.1) is 17.6 Å². The summed E-state index contributed by atoms with van der Waals surface area (Å²) in [7, 11) is 0. The zero-order chi connectivity index (χ0) is 16.1. The van der Waals surface area contributed by atoms with Crippen LogP contribution in [0, 0.1) is 0 Å². The Bertz CT molecular complexity index is 612. The van der Waals surface area contributed by atoms with Crippen LogP contribution in [0.5, 0.6) is 11.5 Å². The second-order valence-corrected chi connectivity index (χ2v) is 5.84. The Morgan fingerprint density at radius 2 is 2.05 bits per heavy atom. The lowest BCUT2D eigenvalue weighted by Gasteiger charge is -2.16. The van der Waals surface area contributed by atoms with Crippen molar-refractivity contribution < 1.29 is 19.1 Å². The molecule has 1 saturated heterocycles. The van der Waals surface area contributed by atoms with Gasteiger partial charge in [-0.25, -0.2) is 0 Å². The fourth-order valence-electron chi connectivity index (χ4n) is 1.85. The molecule has 22 heavy (non-hydrogen) atoms. The lowest BCUT2D eigenvalue weighted by Crippen LogP contribution is -2.17. The molecule has 0 saturated carbocycles. The molecule has 1 aromatic carbocycles. The predicted octanol–water partition coefficient (Wildman–Crippen LogP) is 3.59. The van der Waals surface area contributed by atoms with Crippen molar-refractivity contribution in [2.45, 2.75) is 33.3 Å². The summed E-state index contributed by atoms with van der Waals surface area (Å²) in [6.07, 6.45) is 2.66. The maximum atomic E-state index is 11.6. The standard InChI is InChI=1S/C16H19NO4S/c1-4-10(3)21-12-7-6-11(8-13(12)20-5-2)9-14-15(18)17-16(19)22-14/h6-10H,4-5H2,1-3H3,(H,17,18,19)/b14-9-. The van der Waals surface area contributed by atoms with Crippen molar-refractivity contribution in [1.29, 1.82) is 0 Å². The van der Waals surface area contributed by atoms with Crippen LogP contribution in [0.4, 0.5) is 4.79 Å². The van der Waals surface area contributed by atoms with Crippen LogP contribution < -0.4 is 14.8 Å². The highest BCUT2D eigenvalue weighted by Crippen LogP contribution is 2.32. The van der Waals surface area contributed by atoms with Gasteiger partial charge in [-0.1, -0.05) is 13.0 Å². The maximum Gasteiger partial charge on any atom is 0.290 e. The minimum atomic E-state index is -0.368. The van der Waals surface area contributed by atoms with Gasteiger partial charge in [0.2, 0.25) is 0 Å². The highest BCUT2D eigenvalue weighted by atomic mass is 32.2. The first-order chi connectivity index (χ1) is 10.5. The number of hydrogen-bond donors (Lipinski definition) is 1. The number of nitrogens with one attached hydrogen (secondary N) is 1. The molecule has 1 heterocycles. The van der Waals surface area contributed by atoms with E-state index in [1.165, 1.54) is 0 Å². The first-order valence-electron chi connectivity index (χ1n) is 7.21. The average molecular weight is 321 g/mol. The Hall–Kier alpha value is -1.95. The molecule has 0 aromatic heterocycles. The van der Waals surface area contributed by atoms with Crippen LogP contribution in [0.1, 0.15) is 32.8 Å². The van der Waals surface area contributed by atoms with E-state index in [-0.39, 0.29) is 17.3 Å². The molecular weight excluding hydrogens is 302 g/mol. The van der Waals surface area contributed by atoms with Crippen LogP contribution in [0.3, 0.4) is 0 Å². The monoisotopic (exact) mass is 321 g/mol. The smallest absolute Gasteiger partial charge is 0.290 e. The van der Waals surface area contributed by atoms with Crippen molar-refractivity contribution >= 4 is 29.0 Å². The van der Waals surface area contributed by atoms with E-state index in [4.69, 9.17) is 9.47 Å². The number of ether oxygens (including phenoxy) is 2. The first-order valence-corrected chi connectivity index (χ1v) is 8.03. The van der Waals surface area contributed by atoms with Crippen molar-refractivity contribution in [2.75, 3.05) is 6.61 Å². The molecule has 0 spiro atoms. The van der Waals surface area contributed by atoms with E-state index in [0.717, 1.165) is 23.7 Å². The highest BCUT2D eigenvalue weighted by Gasteiger charge is 2.25. The second kappa shape index (κ2) is 7.35. The van der Waals surface area contributed by atoms with E-state index in [1.54, 1.807) is 6.08 Å². The molecule has 1 aromatic rings. The van der Waals surface area contributed by atoms with Gasteiger partial charge in [0.15, 0.2) is 11.5 Å². The Kier molecular flexibility index (Phi) is 5.49. The van der Waals surface area contributed by atoms with E-state index < -0.39 is 0 Å². The molecule has 0 radical (unpaired) electrons. The summed E-state index contributed by atoms with van der Waals surface area (Å²) >= 11 is 0.896. The predicted molar refractivity (Wildman–Crippen MR) is 87.1 cm³/mol. The van der Waals surface area contributed by atoms with Gasteiger partial charge in [0.1, 0.15) is 0 Å². The third-order valence-corrected chi connectivity index (χ3v) is 3.92.